The Morgan fingerprint density at radius 1 is 1.00 bits per heavy atom. The van der Waals surface area contributed by atoms with Crippen molar-refractivity contribution in [3.8, 4) is 0 Å². The molecule has 1 aromatic carbocycles. The van der Waals surface area contributed by atoms with Gasteiger partial charge in [0.25, 0.3) is 23.3 Å². The van der Waals surface area contributed by atoms with Gasteiger partial charge in [0.1, 0.15) is 12.2 Å². The summed E-state index contributed by atoms with van der Waals surface area (Å²) in [6.45, 7) is 0.488. The standard InChI is InChI=1S/C20H19N5O5/c26-16-6-5-15(22-23-16)20(30)24-9-7-12(8-10-24)21-17(27)11-25-18(28)13-3-1-2-4-14(13)19(25)29/h1-6,12H,7-11H2,(H,21,27)(H,23,26). The number of likely N-dealkylation sites (tertiary alicyclic amines) is 1. The first kappa shape index (κ1) is 19.5. The van der Waals surface area contributed by atoms with E-state index >= 15 is 0 Å². The number of fused-ring (bicyclic) bond motifs is 1. The third-order valence-electron chi connectivity index (χ3n) is 5.23. The van der Waals surface area contributed by atoms with Crippen molar-refractivity contribution in [3.63, 3.8) is 0 Å². The molecule has 3 heterocycles. The summed E-state index contributed by atoms with van der Waals surface area (Å²) >= 11 is 0. The van der Waals surface area contributed by atoms with Gasteiger partial charge < -0.3 is 10.2 Å². The van der Waals surface area contributed by atoms with E-state index in [-0.39, 0.29) is 29.7 Å². The second-order valence-corrected chi connectivity index (χ2v) is 7.18. The Balaban J connectivity index is 1.29. The van der Waals surface area contributed by atoms with Crippen LogP contribution in [0.5, 0.6) is 0 Å². The molecule has 2 aliphatic rings. The summed E-state index contributed by atoms with van der Waals surface area (Å²) in [5, 5.41) is 8.81. The number of H-pyrrole nitrogens is 1. The zero-order chi connectivity index (χ0) is 21.3. The van der Waals surface area contributed by atoms with E-state index in [1.165, 1.54) is 12.1 Å². The van der Waals surface area contributed by atoms with E-state index in [0.29, 0.717) is 37.1 Å². The summed E-state index contributed by atoms with van der Waals surface area (Å²) in [5.41, 5.74) is 0.379. The summed E-state index contributed by atoms with van der Waals surface area (Å²) in [7, 11) is 0. The Labute approximate surface area is 170 Å². The summed E-state index contributed by atoms with van der Waals surface area (Å²) in [6, 6.07) is 8.93. The number of piperidine rings is 1. The van der Waals surface area contributed by atoms with Crippen molar-refractivity contribution in [2.45, 2.75) is 18.9 Å². The Bertz CT molecular complexity index is 1030. The molecule has 0 atom stereocenters. The number of carbonyl (C=O) groups excluding carboxylic acids is 4. The smallest absolute Gasteiger partial charge is 0.274 e. The lowest BCUT2D eigenvalue weighted by molar-refractivity contribution is -0.122. The van der Waals surface area contributed by atoms with Gasteiger partial charge in [-0.15, -0.1) is 0 Å². The largest absolute Gasteiger partial charge is 0.352 e. The molecular formula is C20H19N5O5. The van der Waals surface area contributed by atoms with Crippen molar-refractivity contribution >= 4 is 23.6 Å². The Morgan fingerprint density at radius 3 is 2.20 bits per heavy atom. The maximum atomic E-state index is 12.4. The molecule has 4 amide bonds. The van der Waals surface area contributed by atoms with E-state index in [2.05, 4.69) is 15.5 Å². The maximum Gasteiger partial charge on any atom is 0.274 e. The SMILES string of the molecule is O=C(CN1C(=O)c2ccccc2C1=O)NC1CCN(C(=O)c2ccc(=O)[nH]n2)CC1. The molecule has 0 unspecified atom stereocenters. The predicted molar refractivity (Wildman–Crippen MR) is 104 cm³/mol. The third-order valence-corrected chi connectivity index (χ3v) is 5.23. The van der Waals surface area contributed by atoms with Gasteiger partial charge >= 0.3 is 0 Å². The number of benzene rings is 1. The molecule has 30 heavy (non-hydrogen) atoms. The topological polar surface area (TPSA) is 133 Å². The highest BCUT2D eigenvalue weighted by molar-refractivity contribution is 6.22. The minimum Gasteiger partial charge on any atom is -0.352 e. The van der Waals surface area contributed by atoms with Crippen molar-refractivity contribution in [2.75, 3.05) is 19.6 Å². The molecule has 0 bridgehead atoms. The van der Waals surface area contributed by atoms with E-state index < -0.39 is 17.7 Å². The van der Waals surface area contributed by atoms with Gasteiger partial charge in [-0.2, -0.15) is 5.10 Å². The summed E-state index contributed by atoms with van der Waals surface area (Å²) < 4.78 is 0. The van der Waals surface area contributed by atoms with Crippen LogP contribution in [-0.2, 0) is 4.79 Å². The molecule has 1 fully saturated rings. The minimum absolute atomic E-state index is 0.155. The van der Waals surface area contributed by atoms with Gasteiger partial charge in [-0.05, 0) is 31.0 Å². The minimum atomic E-state index is -0.473. The first-order valence-electron chi connectivity index (χ1n) is 9.53. The van der Waals surface area contributed by atoms with Gasteiger partial charge in [-0.3, -0.25) is 28.9 Å². The zero-order valence-corrected chi connectivity index (χ0v) is 16.0. The lowest BCUT2D eigenvalue weighted by Crippen LogP contribution is -2.49. The molecule has 4 rings (SSSR count). The van der Waals surface area contributed by atoms with Crippen LogP contribution in [0.15, 0.2) is 41.2 Å². The average molecular weight is 409 g/mol. The fourth-order valence-electron chi connectivity index (χ4n) is 3.65. The summed E-state index contributed by atoms with van der Waals surface area (Å²) in [6.07, 6.45) is 1.06. The van der Waals surface area contributed by atoms with Crippen molar-refractivity contribution in [2.24, 2.45) is 0 Å². The van der Waals surface area contributed by atoms with E-state index in [9.17, 15) is 24.0 Å². The number of imide groups is 1. The molecule has 10 heteroatoms. The molecule has 0 radical (unpaired) electrons. The lowest BCUT2D eigenvalue weighted by Gasteiger charge is -2.32. The fourth-order valence-corrected chi connectivity index (χ4v) is 3.65. The zero-order valence-electron chi connectivity index (χ0n) is 16.0. The van der Waals surface area contributed by atoms with Crippen LogP contribution in [0.3, 0.4) is 0 Å². The van der Waals surface area contributed by atoms with Crippen LogP contribution < -0.4 is 10.9 Å². The molecule has 1 saturated heterocycles. The average Bonchev–Trinajstić information content (AvgIpc) is 2.99. The van der Waals surface area contributed by atoms with E-state index in [0.717, 1.165) is 4.90 Å². The van der Waals surface area contributed by atoms with Crippen molar-refractivity contribution in [1.29, 1.82) is 0 Å². The van der Waals surface area contributed by atoms with Gasteiger partial charge in [0.2, 0.25) is 5.91 Å². The predicted octanol–water partition coefficient (Wildman–Crippen LogP) is -0.213. The Hall–Kier alpha value is -3.82. The molecule has 0 spiro atoms. The van der Waals surface area contributed by atoms with Crippen LogP contribution in [0.2, 0.25) is 0 Å². The maximum absolute atomic E-state index is 12.4. The molecule has 1 aromatic heterocycles. The second kappa shape index (κ2) is 7.90. The van der Waals surface area contributed by atoms with Gasteiger partial charge in [0.15, 0.2) is 0 Å². The molecular weight excluding hydrogens is 390 g/mol. The Kier molecular flexibility index (Phi) is 5.13. The van der Waals surface area contributed by atoms with Gasteiger partial charge in [-0.1, -0.05) is 12.1 Å². The number of hydrogen-bond donors (Lipinski definition) is 2. The number of aromatic nitrogens is 2. The molecule has 2 aliphatic heterocycles. The highest BCUT2D eigenvalue weighted by Crippen LogP contribution is 2.22. The highest BCUT2D eigenvalue weighted by Gasteiger charge is 2.36. The highest BCUT2D eigenvalue weighted by atomic mass is 16.2. The second-order valence-electron chi connectivity index (χ2n) is 7.18. The number of carbonyl (C=O) groups is 4. The first-order valence-corrected chi connectivity index (χ1v) is 9.53. The Morgan fingerprint density at radius 2 is 1.63 bits per heavy atom. The molecule has 0 saturated carbocycles. The monoisotopic (exact) mass is 409 g/mol. The lowest BCUT2D eigenvalue weighted by atomic mass is 10.0. The van der Waals surface area contributed by atoms with Crippen LogP contribution in [0.4, 0.5) is 0 Å². The fraction of sp³-hybridized carbons (Fsp3) is 0.300. The third kappa shape index (κ3) is 3.71. The molecule has 0 aliphatic carbocycles. The van der Waals surface area contributed by atoms with Crippen LogP contribution in [-0.4, -0.2) is 69.3 Å². The normalized spacial score (nSPS) is 16.5. The van der Waals surface area contributed by atoms with E-state index in [1.54, 1.807) is 29.2 Å². The van der Waals surface area contributed by atoms with Crippen LogP contribution in [0.25, 0.3) is 0 Å². The van der Waals surface area contributed by atoms with Crippen LogP contribution in [0, 0.1) is 0 Å². The van der Waals surface area contributed by atoms with Crippen molar-refractivity contribution in [3.05, 3.63) is 63.6 Å². The van der Waals surface area contributed by atoms with E-state index in [4.69, 9.17) is 0 Å². The van der Waals surface area contributed by atoms with Crippen LogP contribution >= 0.6 is 0 Å². The van der Waals surface area contributed by atoms with Gasteiger partial charge in [-0.25, -0.2) is 5.10 Å². The van der Waals surface area contributed by atoms with Crippen molar-refractivity contribution < 1.29 is 19.2 Å². The van der Waals surface area contributed by atoms with Crippen LogP contribution in [0.1, 0.15) is 44.0 Å². The van der Waals surface area contributed by atoms with Gasteiger partial charge in [0, 0.05) is 25.2 Å². The summed E-state index contributed by atoms with van der Waals surface area (Å²) in [5.74, 6) is -1.65. The van der Waals surface area contributed by atoms with Crippen molar-refractivity contribution in [1.82, 2.24) is 25.3 Å². The number of hydrogen-bond acceptors (Lipinski definition) is 6. The quantitative estimate of drug-likeness (QED) is 0.672. The molecule has 154 valence electrons. The molecule has 2 N–H and O–H groups in total. The number of rotatable bonds is 4. The number of aromatic amines is 1. The number of nitrogens with one attached hydrogen (secondary N) is 2. The molecule has 10 nitrogen and oxygen atoms in total. The summed E-state index contributed by atoms with van der Waals surface area (Å²) in [4.78, 5) is 63.2. The molecule has 2 aromatic rings. The first-order chi connectivity index (χ1) is 14.4. The number of amides is 4. The number of nitrogens with zero attached hydrogens (tertiary/aromatic N) is 3. The van der Waals surface area contributed by atoms with E-state index in [1.807, 2.05) is 0 Å². The van der Waals surface area contributed by atoms with Gasteiger partial charge in [0.05, 0.1) is 11.1 Å².